The van der Waals surface area contributed by atoms with E-state index in [4.69, 9.17) is 22.7 Å². The molecule has 0 spiro atoms. The van der Waals surface area contributed by atoms with Crippen molar-refractivity contribution in [3.63, 3.8) is 0 Å². The van der Waals surface area contributed by atoms with Crippen molar-refractivity contribution in [2.75, 3.05) is 12.4 Å². The highest BCUT2D eigenvalue weighted by Crippen LogP contribution is 2.25. The molecule has 3 N–H and O–H groups in total. The summed E-state index contributed by atoms with van der Waals surface area (Å²) in [4.78, 5) is 0.426. The van der Waals surface area contributed by atoms with E-state index in [0.29, 0.717) is 4.99 Å². The van der Waals surface area contributed by atoms with E-state index < -0.39 is 0 Å². The third-order valence-electron chi connectivity index (χ3n) is 3.20. The average Bonchev–Trinajstić information content (AvgIpc) is 2.40. The van der Waals surface area contributed by atoms with Gasteiger partial charge in [-0.05, 0) is 61.4 Å². The number of anilines is 2. The van der Waals surface area contributed by atoms with Crippen LogP contribution < -0.4 is 15.8 Å². The largest absolute Gasteiger partial charge is 0.497 e. The van der Waals surface area contributed by atoms with Crippen molar-refractivity contribution in [1.82, 2.24) is 0 Å². The van der Waals surface area contributed by atoms with Crippen molar-refractivity contribution in [3.05, 3.63) is 53.1 Å². The molecule has 0 aromatic heterocycles. The number of aryl methyl sites for hydroxylation is 2. The summed E-state index contributed by atoms with van der Waals surface area (Å²) >= 11 is 5.01. The molecule has 104 valence electrons. The third kappa shape index (κ3) is 3.08. The lowest BCUT2D eigenvalue weighted by molar-refractivity contribution is 0.414. The molecular formula is C16H18N2OS. The topological polar surface area (TPSA) is 47.3 Å². The summed E-state index contributed by atoms with van der Waals surface area (Å²) in [6.45, 7) is 4.04. The number of nitrogens with two attached hydrogens (primary N) is 1. The van der Waals surface area contributed by atoms with Gasteiger partial charge in [0.25, 0.3) is 0 Å². The van der Waals surface area contributed by atoms with Crippen molar-refractivity contribution >= 4 is 28.6 Å². The Morgan fingerprint density at radius 2 is 1.85 bits per heavy atom. The fourth-order valence-electron chi connectivity index (χ4n) is 2.08. The lowest BCUT2D eigenvalue weighted by Gasteiger charge is -2.13. The van der Waals surface area contributed by atoms with Gasteiger partial charge < -0.3 is 15.8 Å². The number of nitrogens with one attached hydrogen (secondary N) is 1. The Balaban J connectivity index is 2.26. The number of hydrogen-bond acceptors (Lipinski definition) is 3. The molecule has 0 fully saturated rings. The molecule has 0 aliphatic rings. The maximum absolute atomic E-state index is 5.67. The quantitative estimate of drug-likeness (QED) is 0.842. The zero-order valence-electron chi connectivity index (χ0n) is 11.9. The van der Waals surface area contributed by atoms with Crippen LogP contribution in [0.2, 0.25) is 0 Å². The first-order valence-electron chi connectivity index (χ1n) is 6.33. The maximum atomic E-state index is 5.67. The Kier molecular flexibility index (Phi) is 4.25. The Morgan fingerprint density at radius 1 is 1.10 bits per heavy atom. The van der Waals surface area contributed by atoms with Gasteiger partial charge in [-0.15, -0.1) is 0 Å². The van der Waals surface area contributed by atoms with Gasteiger partial charge in [0, 0.05) is 16.9 Å². The molecule has 0 atom stereocenters. The summed E-state index contributed by atoms with van der Waals surface area (Å²) in [5.41, 5.74) is 10.8. The fourth-order valence-corrected chi connectivity index (χ4v) is 2.31. The lowest BCUT2D eigenvalue weighted by Crippen LogP contribution is -2.11. The summed E-state index contributed by atoms with van der Waals surface area (Å²) < 4.78 is 5.21. The van der Waals surface area contributed by atoms with Crippen molar-refractivity contribution in [3.8, 4) is 5.75 Å². The van der Waals surface area contributed by atoms with Gasteiger partial charge in [0.2, 0.25) is 0 Å². The van der Waals surface area contributed by atoms with Gasteiger partial charge in [-0.2, -0.15) is 0 Å². The van der Waals surface area contributed by atoms with Gasteiger partial charge in [-0.3, -0.25) is 0 Å². The highest BCUT2D eigenvalue weighted by Gasteiger charge is 2.05. The first-order chi connectivity index (χ1) is 9.51. The molecule has 0 aliphatic carbocycles. The maximum Gasteiger partial charge on any atom is 0.119 e. The van der Waals surface area contributed by atoms with Crippen LogP contribution in [0.5, 0.6) is 5.75 Å². The van der Waals surface area contributed by atoms with Gasteiger partial charge in [0.1, 0.15) is 10.7 Å². The second-order valence-corrected chi connectivity index (χ2v) is 5.14. The van der Waals surface area contributed by atoms with Gasteiger partial charge >= 0.3 is 0 Å². The first-order valence-corrected chi connectivity index (χ1v) is 6.74. The van der Waals surface area contributed by atoms with Crippen molar-refractivity contribution in [1.29, 1.82) is 0 Å². The minimum atomic E-state index is 0.426. The van der Waals surface area contributed by atoms with E-state index >= 15 is 0 Å². The van der Waals surface area contributed by atoms with Crippen molar-refractivity contribution in [2.45, 2.75) is 13.8 Å². The minimum Gasteiger partial charge on any atom is -0.497 e. The monoisotopic (exact) mass is 286 g/mol. The summed E-state index contributed by atoms with van der Waals surface area (Å²) in [5.74, 6) is 0.855. The molecule has 0 radical (unpaired) electrons. The lowest BCUT2D eigenvalue weighted by atomic mass is 10.1. The summed E-state index contributed by atoms with van der Waals surface area (Å²) in [6.07, 6.45) is 0. The zero-order chi connectivity index (χ0) is 14.7. The van der Waals surface area contributed by atoms with Crippen LogP contribution >= 0.6 is 12.2 Å². The molecule has 0 unspecified atom stereocenters. The molecule has 0 aliphatic heterocycles. The van der Waals surface area contributed by atoms with E-state index in [1.165, 1.54) is 0 Å². The molecule has 0 heterocycles. The summed E-state index contributed by atoms with van der Waals surface area (Å²) in [7, 11) is 1.67. The van der Waals surface area contributed by atoms with Crippen LogP contribution in [-0.4, -0.2) is 12.1 Å². The van der Waals surface area contributed by atoms with Gasteiger partial charge in [0.05, 0.1) is 7.11 Å². The molecule has 0 bridgehead atoms. The Morgan fingerprint density at radius 3 is 2.40 bits per heavy atom. The van der Waals surface area contributed by atoms with E-state index in [9.17, 15) is 0 Å². The molecule has 0 saturated heterocycles. The van der Waals surface area contributed by atoms with Crippen LogP contribution in [0.15, 0.2) is 36.4 Å². The van der Waals surface area contributed by atoms with Crippen molar-refractivity contribution < 1.29 is 4.74 Å². The van der Waals surface area contributed by atoms with E-state index in [-0.39, 0.29) is 0 Å². The predicted octanol–water partition coefficient (Wildman–Crippen LogP) is 3.69. The summed E-state index contributed by atoms with van der Waals surface area (Å²) in [5, 5.41) is 3.39. The smallest absolute Gasteiger partial charge is 0.119 e. The SMILES string of the molecule is COc1ccc(Nc2ccc(C(N)=S)c(C)c2)c(C)c1. The van der Waals surface area contributed by atoms with Gasteiger partial charge in [0.15, 0.2) is 0 Å². The minimum absolute atomic E-state index is 0.426. The number of thiocarbonyl (C=S) groups is 1. The number of benzene rings is 2. The molecule has 2 aromatic carbocycles. The van der Waals surface area contributed by atoms with E-state index in [2.05, 4.69) is 5.32 Å². The van der Waals surface area contributed by atoms with Crippen LogP contribution in [0.25, 0.3) is 0 Å². The van der Waals surface area contributed by atoms with Gasteiger partial charge in [-0.1, -0.05) is 12.2 Å². The predicted molar refractivity (Wildman–Crippen MR) is 88.1 cm³/mol. The van der Waals surface area contributed by atoms with Crippen LogP contribution in [-0.2, 0) is 0 Å². The van der Waals surface area contributed by atoms with Gasteiger partial charge in [-0.25, -0.2) is 0 Å². The Hall–Kier alpha value is -2.07. The van der Waals surface area contributed by atoms with Crippen molar-refractivity contribution in [2.24, 2.45) is 5.73 Å². The molecule has 3 nitrogen and oxygen atoms in total. The van der Waals surface area contributed by atoms with Crippen LogP contribution in [0.1, 0.15) is 16.7 Å². The zero-order valence-corrected chi connectivity index (χ0v) is 12.7. The van der Waals surface area contributed by atoms with E-state index in [1.807, 2.05) is 50.2 Å². The Bertz CT molecular complexity index is 653. The second-order valence-electron chi connectivity index (χ2n) is 4.70. The molecule has 0 saturated carbocycles. The fraction of sp³-hybridized carbons (Fsp3) is 0.188. The van der Waals surface area contributed by atoms with Crippen LogP contribution in [0, 0.1) is 13.8 Å². The Labute approximate surface area is 124 Å². The number of methoxy groups -OCH3 is 1. The van der Waals surface area contributed by atoms with E-state index in [0.717, 1.165) is 33.8 Å². The standard InChI is InChI=1S/C16H18N2OS/c1-10-8-12(4-6-14(10)16(17)20)18-15-7-5-13(19-3)9-11(15)2/h4-9,18H,1-3H3,(H2,17,20). The molecule has 20 heavy (non-hydrogen) atoms. The molecular weight excluding hydrogens is 268 g/mol. The number of rotatable bonds is 4. The average molecular weight is 286 g/mol. The van der Waals surface area contributed by atoms with E-state index in [1.54, 1.807) is 7.11 Å². The number of ether oxygens (including phenoxy) is 1. The highest BCUT2D eigenvalue weighted by atomic mass is 32.1. The molecule has 2 aromatic rings. The first kappa shape index (κ1) is 14.3. The molecule has 2 rings (SSSR count). The normalized spacial score (nSPS) is 10.2. The molecule has 0 amide bonds. The molecule has 4 heteroatoms. The highest BCUT2D eigenvalue weighted by molar-refractivity contribution is 7.80. The third-order valence-corrected chi connectivity index (χ3v) is 3.42. The van der Waals surface area contributed by atoms with Crippen LogP contribution in [0.3, 0.4) is 0 Å². The van der Waals surface area contributed by atoms with Crippen LogP contribution in [0.4, 0.5) is 11.4 Å². The summed E-state index contributed by atoms with van der Waals surface area (Å²) in [6, 6.07) is 11.9. The second kappa shape index (κ2) is 5.92. The number of hydrogen-bond donors (Lipinski definition) is 2.